The molecule has 1 atom stereocenters. The van der Waals surface area contributed by atoms with Gasteiger partial charge in [0.25, 0.3) is 0 Å². The van der Waals surface area contributed by atoms with Gasteiger partial charge in [-0.3, -0.25) is 0 Å². The number of phenols is 1. The van der Waals surface area contributed by atoms with E-state index in [1.54, 1.807) is 12.1 Å². The molecule has 78 valence electrons. The maximum absolute atomic E-state index is 9.33. The van der Waals surface area contributed by atoms with Crippen molar-refractivity contribution in [2.45, 2.75) is 32.8 Å². The van der Waals surface area contributed by atoms with E-state index in [1.807, 2.05) is 6.92 Å². The molecule has 0 amide bonds. The lowest BCUT2D eigenvalue weighted by atomic mass is 10.2. The average molecular weight is 215 g/mol. The van der Waals surface area contributed by atoms with Gasteiger partial charge in [-0.05, 0) is 25.5 Å². The molecule has 2 nitrogen and oxygen atoms in total. The van der Waals surface area contributed by atoms with Crippen LogP contribution in [0.5, 0.6) is 11.5 Å². The van der Waals surface area contributed by atoms with E-state index in [2.05, 4.69) is 6.92 Å². The molecule has 0 saturated carbocycles. The quantitative estimate of drug-likeness (QED) is 0.830. The number of hydrogen-bond donors (Lipinski definition) is 1. The van der Waals surface area contributed by atoms with Crippen molar-refractivity contribution in [3.05, 3.63) is 23.2 Å². The number of rotatable bonds is 4. The predicted octanol–water partition coefficient (Wildman–Crippen LogP) is 3.61. The zero-order chi connectivity index (χ0) is 10.6. The first-order valence-electron chi connectivity index (χ1n) is 4.78. The average Bonchev–Trinajstić information content (AvgIpc) is 2.12. The van der Waals surface area contributed by atoms with Gasteiger partial charge in [-0.15, -0.1) is 0 Å². The smallest absolute Gasteiger partial charge is 0.137 e. The van der Waals surface area contributed by atoms with E-state index in [0.29, 0.717) is 10.8 Å². The van der Waals surface area contributed by atoms with Gasteiger partial charge in [-0.25, -0.2) is 0 Å². The van der Waals surface area contributed by atoms with E-state index in [-0.39, 0.29) is 11.9 Å². The molecule has 1 unspecified atom stereocenters. The number of phenolic OH excluding ortho intramolecular Hbond substituents is 1. The van der Waals surface area contributed by atoms with Crippen molar-refractivity contribution in [3.8, 4) is 11.5 Å². The second-order valence-electron chi connectivity index (χ2n) is 3.33. The Morgan fingerprint density at radius 2 is 2.21 bits per heavy atom. The molecule has 0 spiro atoms. The third kappa shape index (κ3) is 3.11. The third-order valence-electron chi connectivity index (χ3n) is 1.95. The fourth-order valence-corrected chi connectivity index (χ4v) is 1.38. The summed E-state index contributed by atoms with van der Waals surface area (Å²) in [6.07, 6.45) is 2.25. The lowest BCUT2D eigenvalue weighted by Gasteiger charge is -2.13. The summed E-state index contributed by atoms with van der Waals surface area (Å²) in [6.45, 7) is 4.12. The first-order chi connectivity index (χ1) is 6.63. The van der Waals surface area contributed by atoms with Crippen molar-refractivity contribution in [3.63, 3.8) is 0 Å². The molecule has 1 N–H and O–H groups in total. The highest BCUT2D eigenvalue weighted by Crippen LogP contribution is 2.28. The van der Waals surface area contributed by atoms with Crippen molar-refractivity contribution in [2.24, 2.45) is 0 Å². The number of ether oxygens (including phenoxy) is 1. The molecule has 0 aliphatic carbocycles. The van der Waals surface area contributed by atoms with Crippen LogP contribution in [0, 0.1) is 0 Å². The third-order valence-corrected chi connectivity index (χ3v) is 2.27. The van der Waals surface area contributed by atoms with E-state index >= 15 is 0 Å². The molecule has 1 aromatic rings. The zero-order valence-corrected chi connectivity index (χ0v) is 9.21. The number of halogens is 1. The number of hydrogen-bond acceptors (Lipinski definition) is 2. The van der Waals surface area contributed by atoms with Crippen LogP contribution in [0.1, 0.15) is 26.7 Å². The first kappa shape index (κ1) is 11.2. The van der Waals surface area contributed by atoms with Crippen LogP contribution >= 0.6 is 11.6 Å². The van der Waals surface area contributed by atoms with Crippen LogP contribution < -0.4 is 4.74 Å². The summed E-state index contributed by atoms with van der Waals surface area (Å²) in [6, 6.07) is 4.92. The Morgan fingerprint density at radius 3 is 2.79 bits per heavy atom. The second kappa shape index (κ2) is 5.11. The predicted molar refractivity (Wildman–Crippen MR) is 58.1 cm³/mol. The molecule has 0 bridgehead atoms. The number of benzene rings is 1. The van der Waals surface area contributed by atoms with Crippen molar-refractivity contribution < 1.29 is 9.84 Å². The summed E-state index contributed by atoms with van der Waals surface area (Å²) < 4.78 is 5.57. The van der Waals surface area contributed by atoms with Crippen LogP contribution in [-0.2, 0) is 0 Å². The normalized spacial score (nSPS) is 12.5. The maximum Gasteiger partial charge on any atom is 0.137 e. The molecule has 0 aromatic heterocycles. The van der Waals surface area contributed by atoms with Gasteiger partial charge in [0.1, 0.15) is 11.5 Å². The lowest BCUT2D eigenvalue weighted by Crippen LogP contribution is -2.10. The van der Waals surface area contributed by atoms with Gasteiger partial charge in [0.05, 0.1) is 11.1 Å². The molecule has 0 aliphatic rings. The largest absolute Gasteiger partial charge is 0.506 e. The maximum atomic E-state index is 9.33. The highest BCUT2D eigenvalue weighted by atomic mass is 35.5. The molecular weight excluding hydrogens is 200 g/mol. The van der Waals surface area contributed by atoms with E-state index in [0.717, 1.165) is 12.8 Å². The Balaban J connectivity index is 2.63. The molecule has 0 radical (unpaired) electrons. The summed E-state index contributed by atoms with van der Waals surface area (Å²) >= 11 is 5.67. The van der Waals surface area contributed by atoms with Crippen molar-refractivity contribution in [1.82, 2.24) is 0 Å². The van der Waals surface area contributed by atoms with Crippen molar-refractivity contribution in [2.75, 3.05) is 0 Å². The van der Waals surface area contributed by atoms with Gasteiger partial charge in [-0.2, -0.15) is 0 Å². The minimum Gasteiger partial charge on any atom is -0.506 e. The first-order valence-corrected chi connectivity index (χ1v) is 5.16. The van der Waals surface area contributed by atoms with E-state index in [1.165, 1.54) is 6.07 Å². The van der Waals surface area contributed by atoms with E-state index < -0.39 is 0 Å². The Labute approximate surface area is 89.5 Å². The Bertz CT molecular complexity index is 299. The second-order valence-corrected chi connectivity index (χ2v) is 3.74. The zero-order valence-electron chi connectivity index (χ0n) is 8.46. The minimum atomic E-state index is 0.0628. The van der Waals surface area contributed by atoms with Gasteiger partial charge in [0, 0.05) is 6.07 Å². The minimum absolute atomic E-state index is 0.0628. The van der Waals surface area contributed by atoms with Gasteiger partial charge in [-0.1, -0.05) is 24.9 Å². The van der Waals surface area contributed by atoms with Gasteiger partial charge >= 0.3 is 0 Å². The molecule has 0 heterocycles. The van der Waals surface area contributed by atoms with Crippen molar-refractivity contribution >= 4 is 11.6 Å². The molecule has 3 heteroatoms. The highest BCUT2D eigenvalue weighted by molar-refractivity contribution is 6.32. The van der Waals surface area contributed by atoms with Gasteiger partial charge < -0.3 is 9.84 Å². The summed E-state index contributed by atoms with van der Waals surface area (Å²) in [5.41, 5.74) is 0. The van der Waals surface area contributed by atoms with Gasteiger partial charge in [0.15, 0.2) is 0 Å². The Morgan fingerprint density at radius 1 is 1.50 bits per heavy atom. The fraction of sp³-hybridized carbons (Fsp3) is 0.455. The van der Waals surface area contributed by atoms with Crippen LogP contribution in [-0.4, -0.2) is 11.2 Å². The molecule has 1 aromatic carbocycles. The summed E-state index contributed by atoms with van der Waals surface area (Å²) in [5.74, 6) is 0.723. The van der Waals surface area contributed by atoms with E-state index in [9.17, 15) is 5.11 Å². The van der Waals surface area contributed by atoms with Crippen LogP contribution in [0.15, 0.2) is 18.2 Å². The SMILES string of the molecule is CCCC(C)Oc1ccc(Cl)c(O)c1. The van der Waals surface area contributed by atoms with Crippen molar-refractivity contribution in [1.29, 1.82) is 0 Å². The Kier molecular flexibility index (Phi) is 4.08. The fourth-order valence-electron chi connectivity index (χ4n) is 1.26. The topological polar surface area (TPSA) is 29.5 Å². The van der Waals surface area contributed by atoms with Crippen LogP contribution in [0.2, 0.25) is 5.02 Å². The van der Waals surface area contributed by atoms with Crippen LogP contribution in [0.4, 0.5) is 0 Å². The standard InChI is InChI=1S/C11H15ClO2/c1-3-4-8(2)14-9-5-6-10(12)11(13)7-9/h5-8,13H,3-4H2,1-2H3. The van der Waals surface area contributed by atoms with Gasteiger partial charge in [0.2, 0.25) is 0 Å². The molecular formula is C11H15ClO2. The molecule has 0 saturated heterocycles. The summed E-state index contributed by atoms with van der Waals surface area (Å²) in [4.78, 5) is 0. The summed E-state index contributed by atoms with van der Waals surface area (Å²) in [5, 5.41) is 9.68. The molecule has 0 aliphatic heterocycles. The van der Waals surface area contributed by atoms with Crippen LogP contribution in [0.3, 0.4) is 0 Å². The van der Waals surface area contributed by atoms with Crippen LogP contribution in [0.25, 0.3) is 0 Å². The summed E-state index contributed by atoms with van der Waals surface area (Å²) in [7, 11) is 0. The monoisotopic (exact) mass is 214 g/mol. The number of aromatic hydroxyl groups is 1. The molecule has 1 rings (SSSR count). The highest BCUT2D eigenvalue weighted by Gasteiger charge is 2.04. The Hall–Kier alpha value is -0.890. The lowest BCUT2D eigenvalue weighted by molar-refractivity contribution is 0.209. The molecule has 14 heavy (non-hydrogen) atoms. The molecule has 0 fully saturated rings. The van der Waals surface area contributed by atoms with E-state index in [4.69, 9.17) is 16.3 Å².